The fourth-order valence-corrected chi connectivity index (χ4v) is 2.02. The molecule has 2 nitrogen and oxygen atoms in total. The number of anilines is 1. The number of benzene rings is 1. The number of rotatable bonds is 3. The zero-order chi connectivity index (χ0) is 12.3. The van der Waals surface area contributed by atoms with Gasteiger partial charge in [0.2, 0.25) is 0 Å². The van der Waals surface area contributed by atoms with Gasteiger partial charge < -0.3 is 5.32 Å². The van der Waals surface area contributed by atoms with Gasteiger partial charge in [0.15, 0.2) is 0 Å². The Hall–Kier alpha value is -1.35. The van der Waals surface area contributed by atoms with Crippen LogP contribution in [0.15, 0.2) is 41.1 Å². The van der Waals surface area contributed by atoms with E-state index < -0.39 is 0 Å². The Kier molecular flexibility index (Phi) is 3.79. The second kappa shape index (κ2) is 5.32. The van der Waals surface area contributed by atoms with E-state index in [9.17, 15) is 0 Å². The van der Waals surface area contributed by atoms with Crippen LogP contribution in [0.25, 0.3) is 0 Å². The van der Waals surface area contributed by atoms with Crippen molar-refractivity contribution in [3.05, 3.63) is 57.8 Å². The van der Waals surface area contributed by atoms with Gasteiger partial charge in [0.25, 0.3) is 0 Å². The Morgan fingerprint density at radius 3 is 2.76 bits per heavy atom. The monoisotopic (exact) mass is 290 g/mol. The van der Waals surface area contributed by atoms with Crippen LogP contribution in [0.3, 0.4) is 0 Å². The second-order valence-electron chi connectivity index (χ2n) is 4.11. The lowest BCUT2D eigenvalue weighted by Crippen LogP contribution is -2.03. The number of hydrogen-bond acceptors (Lipinski definition) is 2. The van der Waals surface area contributed by atoms with Crippen LogP contribution in [-0.4, -0.2) is 4.98 Å². The highest BCUT2D eigenvalue weighted by atomic mass is 79.9. The lowest BCUT2D eigenvalue weighted by atomic mass is 10.1. The number of nitrogens with zero attached hydrogens (tertiary/aromatic N) is 1. The van der Waals surface area contributed by atoms with Crippen LogP contribution in [-0.2, 0) is 6.54 Å². The summed E-state index contributed by atoms with van der Waals surface area (Å²) in [5.74, 6) is 0. The van der Waals surface area contributed by atoms with Crippen LogP contribution in [0, 0.1) is 13.8 Å². The molecule has 0 radical (unpaired) electrons. The molecule has 2 aromatic rings. The third-order valence-corrected chi connectivity index (χ3v) is 3.31. The molecule has 0 saturated heterocycles. The molecule has 0 saturated carbocycles. The standard InChI is InChI=1S/C14H15BrN2/c1-10-5-6-16-8-12(10)9-17-14-7-13(15)4-3-11(14)2/h3-8,17H,9H2,1-2H3. The van der Waals surface area contributed by atoms with Crippen molar-refractivity contribution >= 4 is 21.6 Å². The molecule has 0 spiro atoms. The molecule has 0 bridgehead atoms. The largest absolute Gasteiger partial charge is 0.381 e. The zero-order valence-electron chi connectivity index (χ0n) is 10.00. The summed E-state index contributed by atoms with van der Waals surface area (Å²) in [6.07, 6.45) is 3.73. The van der Waals surface area contributed by atoms with E-state index in [0.717, 1.165) is 16.7 Å². The van der Waals surface area contributed by atoms with Crippen molar-refractivity contribution < 1.29 is 0 Å². The predicted molar refractivity (Wildman–Crippen MR) is 75.2 cm³/mol. The van der Waals surface area contributed by atoms with Crippen molar-refractivity contribution in [3.8, 4) is 0 Å². The van der Waals surface area contributed by atoms with Crippen LogP contribution in [0.4, 0.5) is 5.69 Å². The minimum absolute atomic E-state index is 0.803. The fourth-order valence-electron chi connectivity index (χ4n) is 1.66. The van der Waals surface area contributed by atoms with Crippen molar-refractivity contribution in [1.29, 1.82) is 0 Å². The topological polar surface area (TPSA) is 24.9 Å². The first-order chi connectivity index (χ1) is 8.16. The molecular formula is C14H15BrN2. The van der Waals surface area contributed by atoms with Gasteiger partial charge in [-0.05, 0) is 48.7 Å². The molecule has 88 valence electrons. The number of nitrogens with one attached hydrogen (secondary N) is 1. The lowest BCUT2D eigenvalue weighted by molar-refractivity contribution is 1.08. The predicted octanol–water partition coefficient (Wildman–Crippen LogP) is 4.07. The highest BCUT2D eigenvalue weighted by molar-refractivity contribution is 9.10. The second-order valence-corrected chi connectivity index (χ2v) is 5.03. The fraction of sp³-hybridized carbons (Fsp3) is 0.214. The zero-order valence-corrected chi connectivity index (χ0v) is 11.6. The summed E-state index contributed by atoms with van der Waals surface area (Å²) in [4.78, 5) is 4.15. The normalized spacial score (nSPS) is 10.3. The van der Waals surface area contributed by atoms with Crippen molar-refractivity contribution in [2.24, 2.45) is 0 Å². The first-order valence-corrected chi connectivity index (χ1v) is 6.35. The van der Waals surface area contributed by atoms with Crippen LogP contribution in [0.5, 0.6) is 0 Å². The Morgan fingerprint density at radius 2 is 2.00 bits per heavy atom. The molecular weight excluding hydrogens is 276 g/mol. The average molecular weight is 291 g/mol. The molecule has 1 aromatic heterocycles. The minimum atomic E-state index is 0.803. The molecule has 0 aliphatic rings. The van der Waals surface area contributed by atoms with Crippen molar-refractivity contribution in [3.63, 3.8) is 0 Å². The maximum atomic E-state index is 4.15. The quantitative estimate of drug-likeness (QED) is 0.922. The van der Waals surface area contributed by atoms with Crippen LogP contribution in [0.2, 0.25) is 0 Å². The third-order valence-electron chi connectivity index (χ3n) is 2.82. The summed E-state index contributed by atoms with van der Waals surface area (Å²) in [6.45, 7) is 5.01. The van der Waals surface area contributed by atoms with Crippen molar-refractivity contribution in [2.75, 3.05) is 5.32 Å². The van der Waals surface area contributed by atoms with E-state index in [1.165, 1.54) is 16.7 Å². The van der Waals surface area contributed by atoms with Crippen molar-refractivity contribution in [2.45, 2.75) is 20.4 Å². The molecule has 2 rings (SSSR count). The number of halogens is 1. The van der Waals surface area contributed by atoms with Gasteiger partial charge in [-0.2, -0.15) is 0 Å². The first kappa shape index (κ1) is 12.1. The van der Waals surface area contributed by atoms with E-state index in [2.05, 4.69) is 58.3 Å². The van der Waals surface area contributed by atoms with E-state index >= 15 is 0 Å². The van der Waals surface area contributed by atoms with Gasteiger partial charge in [-0.25, -0.2) is 0 Å². The molecule has 1 aromatic carbocycles. The van der Waals surface area contributed by atoms with E-state index in [4.69, 9.17) is 0 Å². The van der Waals surface area contributed by atoms with Gasteiger partial charge >= 0.3 is 0 Å². The molecule has 3 heteroatoms. The Morgan fingerprint density at radius 1 is 1.18 bits per heavy atom. The Balaban J connectivity index is 2.12. The summed E-state index contributed by atoms with van der Waals surface area (Å²) in [6, 6.07) is 8.28. The van der Waals surface area contributed by atoms with E-state index in [0.29, 0.717) is 0 Å². The van der Waals surface area contributed by atoms with Gasteiger partial charge in [0.05, 0.1) is 0 Å². The molecule has 0 unspecified atom stereocenters. The summed E-state index contributed by atoms with van der Waals surface area (Å²) in [5, 5.41) is 3.44. The van der Waals surface area contributed by atoms with Gasteiger partial charge in [0, 0.05) is 29.1 Å². The highest BCUT2D eigenvalue weighted by Gasteiger charge is 2.01. The number of pyridine rings is 1. The van der Waals surface area contributed by atoms with Gasteiger partial charge in [-0.15, -0.1) is 0 Å². The van der Waals surface area contributed by atoms with E-state index in [-0.39, 0.29) is 0 Å². The highest BCUT2D eigenvalue weighted by Crippen LogP contribution is 2.21. The van der Waals surface area contributed by atoms with Gasteiger partial charge in [-0.1, -0.05) is 22.0 Å². The Labute approximate surface area is 110 Å². The summed E-state index contributed by atoms with van der Waals surface area (Å²) < 4.78 is 1.09. The van der Waals surface area contributed by atoms with Crippen LogP contribution >= 0.6 is 15.9 Å². The molecule has 1 heterocycles. The molecule has 1 N–H and O–H groups in total. The number of aromatic nitrogens is 1. The van der Waals surface area contributed by atoms with Gasteiger partial charge in [0.1, 0.15) is 0 Å². The molecule has 17 heavy (non-hydrogen) atoms. The summed E-state index contributed by atoms with van der Waals surface area (Å²) in [7, 11) is 0. The molecule has 0 fully saturated rings. The maximum absolute atomic E-state index is 4.15. The van der Waals surface area contributed by atoms with Crippen LogP contribution in [0.1, 0.15) is 16.7 Å². The summed E-state index contributed by atoms with van der Waals surface area (Å²) >= 11 is 3.48. The van der Waals surface area contributed by atoms with E-state index in [1.807, 2.05) is 18.5 Å². The Bertz CT molecular complexity index is 523. The smallest absolute Gasteiger partial charge is 0.0418 e. The summed E-state index contributed by atoms with van der Waals surface area (Å²) in [5.41, 5.74) is 4.89. The first-order valence-electron chi connectivity index (χ1n) is 5.56. The van der Waals surface area contributed by atoms with Gasteiger partial charge in [-0.3, -0.25) is 4.98 Å². The molecule has 0 amide bonds. The SMILES string of the molecule is Cc1ccncc1CNc1cc(Br)ccc1C. The maximum Gasteiger partial charge on any atom is 0.0418 e. The van der Waals surface area contributed by atoms with E-state index in [1.54, 1.807) is 0 Å². The average Bonchev–Trinajstić information content (AvgIpc) is 2.32. The lowest BCUT2D eigenvalue weighted by Gasteiger charge is -2.11. The molecule has 0 atom stereocenters. The molecule has 0 aliphatic heterocycles. The molecule has 0 aliphatic carbocycles. The number of hydrogen-bond donors (Lipinski definition) is 1. The minimum Gasteiger partial charge on any atom is -0.381 e. The van der Waals surface area contributed by atoms with Crippen LogP contribution < -0.4 is 5.32 Å². The third kappa shape index (κ3) is 3.07. The van der Waals surface area contributed by atoms with Crippen molar-refractivity contribution in [1.82, 2.24) is 4.98 Å². The number of aryl methyl sites for hydroxylation is 2.